The number of thiophene rings is 1. The maximum absolute atomic E-state index is 13.1. The quantitative estimate of drug-likeness (QED) is 0.515. The fourth-order valence-electron chi connectivity index (χ4n) is 3.84. The smallest absolute Gasteiger partial charge is 0.262 e. The number of fused-ring (bicyclic) bond motifs is 1. The predicted molar refractivity (Wildman–Crippen MR) is 126 cm³/mol. The van der Waals surface area contributed by atoms with Gasteiger partial charge in [-0.05, 0) is 36.6 Å². The lowest BCUT2D eigenvalue weighted by atomic mass is 10.0. The fraction of sp³-hybridized carbons (Fsp3) is 0.435. The zero-order valence-electron chi connectivity index (χ0n) is 19.2. The van der Waals surface area contributed by atoms with Crippen molar-refractivity contribution >= 4 is 39.1 Å². The maximum Gasteiger partial charge on any atom is 0.262 e. The van der Waals surface area contributed by atoms with Gasteiger partial charge in [0.2, 0.25) is 5.91 Å². The Labute approximate surface area is 198 Å². The van der Waals surface area contributed by atoms with Gasteiger partial charge in [-0.2, -0.15) is 4.31 Å². The summed E-state index contributed by atoms with van der Waals surface area (Å²) in [4.78, 5) is 40.6. The predicted octanol–water partition coefficient (Wildman–Crippen LogP) is 3.11. The molecule has 1 N–H and O–H groups in total. The minimum absolute atomic E-state index is 0.0672. The van der Waals surface area contributed by atoms with Crippen molar-refractivity contribution in [3.05, 3.63) is 52.4 Å². The van der Waals surface area contributed by atoms with Gasteiger partial charge < -0.3 is 5.32 Å². The van der Waals surface area contributed by atoms with Gasteiger partial charge in [-0.25, -0.2) is 8.42 Å². The van der Waals surface area contributed by atoms with Crippen LogP contribution in [0.5, 0.6) is 0 Å². The van der Waals surface area contributed by atoms with Gasteiger partial charge in [-0.3, -0.25) is 19.3 Å². The van der Waals surface area contributed by atoms with Crippen LogP contribution in [0.2, 0.25) is 0 Å². The number of nitrogens with zero attached hydrogens (tertiary/aromatic N) is 2. The van der Waals surface area contributed by atoms with Crippen molar-refractivity contribution in [1.29, 1.82) is 0 Å². The van der Waals surface area contributed by atoms with Crippen molar-refractivity contribution in [2.75, 3.05) is 13.1 Å². The molecule has 3 rings (SSSR count). The number of nitrogens with one attached hydrogen (secondary N) is 1. The van der Waals surface area contributed by atoms with E-state index in [-0.39, 0.29) is 16.7 Å². The van der Waals surface area contributed by atoms with Crippen LogP contribution in [0.4, 0.5) is 0 Å². The normalized spacial score (nSPS) is 14.8. The molecule has 0 radical (unpaired) electrons. The lowest BCUT2D eigenvalue weighted by Crippen LogP contribution is -2.50. The van der Waals surface area contributed by atoms with E-state index in [4.69, 9.17) is 0 Å². The average molecular weight is 492 g/mol. The van der Waals surface area contributed by atoms with Crippen molar-refractivity contribution in [1.82, 2.24) is 14.5 Å². The Balaban J connectivity index is 1.76. The summed E-state index contributed by atoms with van der Waals surface area (Å²) < 4.78 is 27.0. The number of imide groups is 1. The molecular weight excluding hydrogens is 462 g/mol. The Hall–Kier alpha value is -2.56. The Morgan fingerprint density at radius 2 is 1.61 bits per heavy atom. The maximum atomic E-state index is 13.1. The van der Waals surface area contributed by atoms with E-state index in [0.29, 0.717) is 35.5 Å². The number of benzene rings is 1. The lowest BCUT2D eigenvalue weighted by Gasteiger charge is -2.26. The average Bonchev–Trinajstić information content (AvgIpc) is 3.35. The highest BCUT2D eigenvalue weighted by Gasteiger charge is 2.42. The first kappa shape index (κ1) is 25.1. The summed E-state index contributed by atoms with van der Waals surface area (Å²) in [7, 11) is -3.57. The van der Waals surface area contributed by atoms with E-state index in [1.807, 2.05) is 13.8 Å². The molecule has 1 atom stereocenters. The summed E-state index contributed by atoms with van der Waals surface area (Å²) in [6.07, 6.45) is 0.323. The summed E-state index contributed by atoms with van der Waals surface area (Å²) in [5, 5.41) is 2.79. The molecule has 0 fully saturated rings. The molecule has 1 aliphatic rings. The minimum atomic E-state index is -3.57. The molecule has 1 aromatic carbocycles. The third-order valence-electron chi connectivity index (χ3n) is 5.51. The second-order valence-electron chi connectivity index (χ2n) is 8.20. The molecule has 1 aliphatic heterocycles. The van der Waals surface area contributed by atoms with Gasteiger partial charge in [0, 0.05) is 18.0 Å². The zero-order chi connectivity index (χ0) is 24.3. The molecule has 0 saturated carbocycles. The van der Waals surface area contributed by atoms with E-state index in [0.717, 1.165) is 16.2 Å². The summed E-state index contributed by atoms with van der Waals surface area (Å²) in [5.74, 6) is -1.32. The van der Waals surface area contributed by atoms with Crippen LogP contribution in [0, 0.1) is 5.92 Å². The molecule has 178 valence electrons. The van der Waals surface area contributed by atoms with Gasteiger partial charge in [0.05, 0.1) is 17.7 Å². The Morgan fingerprint density at radius 3 is 2.12 bits per heavy atom. The van der Waals surface area contributed by atoms with E-state index in [1.165, 1.54) is 10.4 Å². The first-order valence-electron chi connectivity index (χ1n) is 10.9. The highest BCUT2D eigenvalue weighted by Crippen LogP contribution is 2.28. The number of hydrogen-bond donors (Lipinski definition) is 1. The summed E-state index contributed by atoms with van der Waals surface area (Å²) in [5.41, 5.74) is 0.599. The van der Waals surface area contributed by atoms with E-state index in [9.17, 15) is 22.8 Å². The van der Waals surface area contributed by atoms with Crippen LogP contribution in [-0.2, 0) is 21.4 Å². The topological polar surface area (TPSA) is 104 Å². The second kappa shape index (κ2) is 10.1. The molecule has 1 unspecified atom stereocenters. The van der Waals surface area contributed by atoms with Crippen molar-refractivity contribution in [2.24, 2.45) is 5.92 Å². The summed E-state index contributed by atoms with van der Waals surface area (Å²) in [6.45, 7) is 8.26. The molecule has 0 saturated heterocycles. The third-order valence-corrected chi connectivity index (χ3v) is 9.11. The fourth-order valence-corrected chi connectivity index (χ4v) is 6.75. The van der Waals surface area contributed by atoms with Crippen molar-refractivity contribution in [2.45, 2.75) is 50.9 Å². The van der Waals surface area contributed by atoms with E-state index in [1.54, 1.807) is 44.2 Å². The van der Waals surface area contributed by atoms with Crippen molar-refractivity contribution < 1.29 is 22.8 Å². The standard InChI is InChI=1S/C23H29N3O5S2/c1-5-25(6-2)33(30,31)20-12-11-16(32-20)14-24-21(27)19(13-15(3)4)26-22(28)17-9-7-8-10-18(17)23(26)29/h7-12,15,19H,5-6,13-14H2,1-4H3,(H,24,27). The highest BCUT2D eigenvalue weighted by atomic mass is 32.2. The van der Waals surface area contributed by atoms with Gasteiger partial charge in [0.25, 0.3) is 21.8 Å². The van der Waals surface area contributed by atoms with Crippen LogP contribution in [0.1, 0.15) is 59.7 Å². The van der Waals surface area contributed by atoms with Gasteiger partial charge in [-0.15, -0.1) is 11.3 Å². The van der Waals surface area contributed by atoms with Crippen LogP contribution < -0.4 is 5.32 Å². The van der Waals surface area contributed by atoms with Gasteiger partial charge in [0.15, 0.2) is 0 Å². The third kappa shape index (κ3) is 5.02. The molecule has 0 spiro atoms. The molecule has 3 amide bonds. The van der Waals surface area contributed by atoms with Crippen LogP contribution in [0.3, 0.4) is 0 Å². The monoisotopic (exact) mass is 491 g/mol. The number of sulfonamides is 1. The first-order valence-corrected chi connectivity index (χ1v) is 13.2. The van der Waals surface area contributed by atoms with Gasteiger partial charge in [0.1, 0.15) is 10.3 Å². The van der Waals surface area contributed by atoms with Crippen molar-refractivity contribution in [3.63, 3.8) is 0 Å². The molecule has 8 nitrogen and oxygen atoms in total. The Kier molecular flexibility index (Phi) is 7.71. The lowest BCUT2D eigenvalue weighted by molar-refractivity contribution is -0.125. The summed E-state index contributed by atoms with van der Waals surface area (Å²) >= 11 is 1.10. The zero-order valence-corrected chi connectivity index (χ0v) is 20.8. The van der Waals surface area contributed by atoms with Crippen LogP contribution in [0.25, 0.3) is 0 Å². The van der Waals surface area contributed by atoms with Crippen LogP contribution >= 0.6 is 11.3 Å². The molecule has 0 bridgehead atoms. The molecule has 2 aromatic rings. The van der Waals surface area contributed by atoms with Crippen LogP contribution in [-0.4, -0.2) is 54.5 Å². The minimum Gasteiger partial charge on any atom is -0.349 e. The molecular formula is C23H29N3O5S2. The summed E-state index contributed by atoms with van der Waals surface area (Å²) in [6, 6.07) is 8.80. The number of amides is 3. The van der Waals surface area contributed by atoms with E-state index >= 15 is 0 Å². The van der Waals surface area contributed by atoms with Gasteiger partial charge in [-0.1, -0.05) is 39.8 Å². The molecule has 2 heterocycles. The van der Waals surface area contributed by atoms with E-state index < -0.39 is 33.8 Å². The first-order chi connectivity index (χ1) is 15.6. The number of carbonyl (C=O) groups excluding carboxylic acids is 3. The van der Waals surface area contributed by atoms with Gasteiger partial charge >= 0.3 is 0 Å². The molecule has 1 aromatic heterocycles. The number of rotatable bonds is 10. The Morgan fingerprint density at radius 1 is 1.03 bits per heavy atom. The number of hydrogen-bond acceptors (Lipinski definition) is 6. The van der Waals surface area contributed by atoms with E-state index in [2.05, 4.69) is 5.32 Å². The Bertz CT molecular complexity index is 1120. The highest BCUT2D eigenvalue weighted by molar-refractivity contribution is 7.91. The molecule has 33 heavy (non-hydrogen) atoms. The SMILES string of the molecule is CCN(CC)S(=O)(=O)c1ccc(CNC(=O)C(CC(C)C)N2C(=O)c3ccccc3C2=O)s1. The second-order valence-corrected chi connectivity index (χ2v) is 11.5. The molecule has 0 aliphatic carbocycles. The van der Waals surface area contributed by atoms with Crippen LogP contribution in [0.15, 0.2) is 40.6 Å². The largest absolute Gasteiger partial charge is 0.349 e. The van der Waals surface area contributed by atoms with Crippen molar-refractivity contribution in [3.8, 4) is 0 Å². The number of carbonyl (C=O) groups is 3. The molecule has 10 heteroatoms.